The number of nitrogens with zero attached hydrogens (tertiary/aromatic N) is 2. The van der Waals surface area contributed by atoms with E-state index in [1.165, 1.54) is 18.7 Å². The van der Waals surface area contributed by atoms with Crippen LogP contribution in [-0.4, -0.2) is 22.4 Å². The van der Waals surface area contributed by atoms with E-state index in [0.29, 0.717) is 21.8 Å². The van der Waals surface area contributed by atoms with E-state index in [0.717, 1.165) is 16.5 Å². The molecule has 3 rings (SSSR count). The average Bonchev–Trinajstić information content (AvgIpc) is 2.65. The van der Waals surface area contributed by atoms with Crippen molar-refractivity contribution in [1.82, 2.24) is 4.98 Å². The fraction of sp³-hybridized carbons (Fsp3) is 0.143. The number of rotatable bonds is 5. The monoisotopic (exact) mass is 375 g/mol. The van der Waals surface area contributed by atoms with Gasteiger partial charge in [0.05, 0.1) is 16.8 Å². The molecule has 0 radical (unpaired) electrons. The van der Waals surface area contributed by atoms with Crippen LogP contribution in [-0.2, 0) is 4.79 Å². The van der Waals surface area contributed by atoms with E-state index in [-0.39, 0.29) is 17.4 Å². The fourth-order valence-corrected chi connectivity index (χ4v) is 3.36. The summed E-state index contributed by atoms with van der Waals surface area (Å²) < 4.78 is 0. The molecule has 1 aromatic heterocycles. The topological polar surface area (TPSA) is 82.8 Å². The summed E-state index contributed by atoms with van der Waals surface area (Å²) in [6.07, 6.45) is 0. The third-order valence-corrected chi connectivity index (χ3v) is 4.94. The zero-order valence-corrected chi connectivity index (χ0v) is 15.8. The summed E-state index contributed by atoms with van der Waals surface area (Å²) in [4.78, 5) is 28.2. The number of hydrogen-bond acceptors (Lipinski definition) is 5. The Morgan fingerprint density at radius 3 is 2.74 bits per heavy atom. The SMILES string of the molecule is CC(=O)c1cccc(NC(=O)CSc2nc3cc(C)ccc3cc2C#N)c1. The molecular weight excluding hydrogens is 358 g/mol. The van der Waals surface area contributed by atoms with Crippen LogP contribution in [0.1, 0.15) is 28.4 Å². The number of Topliss-reactive ketones (excluding diaryl/α,β-unsaturated/α-hetero) is 1. The van der Waals surface area contributed by atoms with Crippen LogP contribution in [0.2, 0.25) is 0 Å². The molecule has 134 valence electrons. The van der Waals surface area contributed by atoms with Crippen LogP contribution in [0.25, 0.3) is 10.9 Å². The molecule has 0 atom stereocenters. The molecule has 3 aromatic rings. The first kappa shape index (κ1) is 18.6. The van der Waals surface area contributed by atoms with Crippen LogP contribution in [0.5, 0.6) is 0 Å². The molecule has 1 N–H and O–H groups in total. The minimum atomic E-state index is -0.226. The van der Waals surface area contributed by atoms with Crippen molar-refractivity contribution in [2.45, 2.75) is 18.9 Å². The summed E-state index contributed by atoms with van der Waals surface area (Å²) in [6, 6.07) is 16.6. The molecule has 1 heterocycles. The van der Waals surface area contributed by atoms with Crippen molar-refractivity contribution < 1.29 is 9.59 Å². The number of hydrogen-bond donors (Lipinski definition) is 1. The normalized spacial score (nSPS) is 10.4. The maximum atomic E-state index is 12.3. The largest absolute Gasteiger partial charge is 0.325 e. The van der Waals surface area contributed by atoms with Crippen LogP contribution in [0, 0.1) is 18.3 Å². The van der Waals surface area contributed by atoms with Gasteiger partial charge in [-0.1, -0.05) is 36.0 Å². The van der Waals surface area contributed by atoms with Gasteiger partial charge in [-0.05, 0) is 43.7 Å². The first-order valence-corrected chi connectivity index (χ1v) is 9.30. The summed E-state index contributed by atoms with van der Waals surface area (Å²) in [5, 5.41) is 13.6. The molecule has 27 heavy (non-hydrogen) atoms. The molecule has 0 spiro atoms. The Morgan fingerprint density at radius 2 is 2.00 bits per heavy atom. The Hall–Kier alpha value is -3.17. The quantitative estimate of drug-likeness (QED) is 0.529. The number of amides is 1. The van der Waals surface area contributed by atoms with Crippen molar-refractivity contribution >= 4 is 40.0 Å². The van der Waals surface area contributed by atoms with Gasteiger partial charge < -0.3 is 5.32 Å². The standard InChI is InChI=1S/C21H17N3O2S/c1-13-6-7-16-9-17(11-22)21(24-19(16)8-13)27-12-20(26)23-18-5-3-4-15(10-18)14(2)25/h3-10H,12H2,1-2H3,(H,23,26). The smallest absolute Gasteiger partial charge is 0.234 e. The number of nitrogens with one attached hydrogen (secondary N) is 1. The van der Waals surface area contributed by atoms with Crippen molar-refractivity contribution in [3.63, 3.8) is 0 Å². The van der Waals surface area contributed by atoms with Gasteiger partial charge in [0.15, 0.2) is 5.78 Å². The maximum Gasteiger partial charge on any atom is 0.234 e. The Kier molecular flexibility index (Phi) is 5.53. The third kappa shape index (κ3) is 4.52. The van der Waals surface area contributed by atoms with E-state index in [1.54, 1.807) is 30.3 Å². The third-order valence-electron chi connectivity index (χ3n) is 3.95. The van der Waals surface area contributed by atoms with Gasteiger partial charge >= 0.3 is 0 Å². The molecule has 0 aliphatic carbocycles. The number of nitriles is 1. The highest BCUT2D eigenvalue weighted by Gasteiger charge is 2.11. The number of fused-ring (bicyclic) bond motifs is 1. The second kappa shape index (κ2) is 8.02. The van der Waals surface area contributed by atoms with Crippen molar-refractivity contribution in [3.05, 3.63) is 65.2 Å². The minimum absolute atomic E-state index is 0.0604. The lowest BCUT2D eigenvalue weighted by molar-refractivity contribution is -0.113. The van der Waals surface area contributed by atoms with Crippen molar-refractivity contribution in [3.8, 4) is 6.07 Å². The number of carbonyl (C=O) groups excluding carboxylic acids is 2. The predicted molar refractivity (Wildman–Crippen MR) is 107 cm³/mol. The van der Waals surface area contributed by atoms with E-state index < -0.39 is 0 Å². The molecule has 0 fully saturated rings. The molecule has 0 aliphatic heterocycles. The van der Waals surface area contributed by atoms with E-state index in [2.05, 4.69) is 16.4 Å². The van der Waals surface area contributed by atoms with E-state index in [4.69, 9.17) is 0 Å². The van der Waals surface area contributed by atoms with Crippen LogP contribution in [0.4, 0.5) is 5.69 Å². The first-order chi connectivity index (χ1) is 13.0. The Bertz CT molecular complexity index is 1090. The number of anilines is 1. The van der Waals surface area contributed by atoms with Gasteiger partial charge in [0, 0.05) is 16.6 Å². The first-order valence-electron chi connectivity index (χ1n) is 8.31. The summed E-state index contributed by atoms with van der Waals surface area (Å²) >= 11 is 1.22. The lowest BCUT2D eigenvalue weighted by Gasteiger charge is -2.08. The molecule has 0 saturated carbocycles. The second-order valence-electron chi connectivity index (χ2n) is 6.12. The molecule has 0 unspecified atom stereocenters. The van der Waals surface area contributed by atoms with Crippen molar-refractivity contribution in [1.29, 1.82) is 5.26 Å². The van der Waals surface area contributed by atoms with Gasteiger partial charge in [-0.3, -0.25) is 9.59 Å². The molecule has 1 amide bonds. The number of aromatic nitrogens is 1. The lowest BCUT2D eigenvalue weighted by Crippen LogP contribution is -2.14. The molecule has 6 heteroatoms. The van der Waals surface area contributed by atoms with Crippen molar-refractivity contribution in [2.24, 2.45) is 0 Å². The highest BCUT2D eigenvalue weighted by Crippen LogP contribution is 2.25. The van der Waals surface area contributed by atoms with Crippen LogP contribution in [0.3, 0.4) is 0 Å². The molecule has 0 aliphatic rings. The van der Waals surface area contributed by atoms with Crippen LogP contribution in [0.15, 0.2) is 53.6 Å². The lowest BCUT2D eigenvalue weighted by atomic mass is 10.1. The highest BCUT2D eigenvalue weighted by molar-refractivity contribution is 8.00. The van der Waals surface area contributed by atoms with Gasteiger partial charge in [-0.15, -0.1) is 0 Å². The number of ketones is 1. The molecule has 0 saturated heterocycles. The van der Waals surface area contributed by atoms with E-state index in [9.17, 15) is 14.9 Å². The fourth-order valence-electron chi connectivity index (χ4n) is 2.60. The Labute approximate surface area is 161 Å². The summed E-state index contributed by atoms with van der Waals surface area (Å²) in [7, 11) is 0. The van der Waals surface area contributed by atoms with E-state index in [1.807, 2.05) is 25.1 Å². The van der Waals surface area contributed by atoms with Crippen molar-refractivity contribution in [2.75, 3.05) is 11.1 Å². The number of pyridine rings is 1. The molecular formula is C21H17N3O2S. The van der Waals surface area contributed by atoms with Gasteiger partial charge in [-0.2, -0.15) is 5.26 Å². The molecule has 2 aromatic carbocycles. The number of carbonyl (C=O) groups is 2. The number of thioether (sulfide) groups is 1. The van der Waals surface area contributed by atoms with Gasteiger partial charge in [0.1, 0.15) is 11.1 Å². The summed E-state index contributed by atoms with van der Waals surface area (Å²) in [5.74, 6) is -0.172. The number of benzene rings is 2. The maximum absolute atomic E-state index is 12.3. The molecule has 0 bridgehead atoms. The zero-order valence-electron chi connectivity index (χ0n) is 14.9. The summed E-state index contributed by atoms with van der Waals surface area (Å²) in [6.45, 7) is 3.46. The van der Waals surface area contributed by atoms with E-state index >= 15 is 0 Å². The zero-order chi connectivity index (χ0) is 19.4. The highest BCUT2D eigenvalue weighted by atomic mass is 32.2. The van der Waals surface area contributed by atoms with Gasteiger partial charge in [0.2, 0.25) is 5.91 Å². The summed E-state index contributed by atoms with van der Waals surface area (Å²) in [5.41, 5.74) is 3.43. The van der Waals surface area contributed by atoms with Gasteiger partial charge in [-0.25, -0.2) is 4.98 Å². The predicted octanol–water partition coefficient (Wildman–Crippen LogP) is 4.35. The second-order valence-corrected chi connectivity index (χ2v) is 7.09. The Morgan fingerprint density at radius 1 is 1.19 bits per heavy atom. The van der Waals surface area contributed by atoms with Crippen LogP contribution < -0.4 is 5.32 Å². The number of aryl methyl sites for hydroxylation is 1. The van der Waals surface area contributed by atoms with Crippen LogP contribution >= 0.6 is 11.8 Å². The van der Waals surface area contributed by atoms with Gasteiger partial charge in [0.25, 0.3) is 0 Å². The average molecular weight is 375 g/mol. The minimum Gasteiger partial charge on any atom is -0.325 e. The Balaban J connectivity index is 1.74. The molecule has 5 nitrogen and oxygen atoms in total.